The Kier molecular flexibility index (Phi) is 6.05. The summed E-state index contributed by atoms with van der Waals surface area (Å²) in [6.45, 7) is 0. The molecule has 22 rings (SSSR count). The molecule has 0 fully saturated rings. The van der Waals surface area contributed by atoms with Crippen molar-refractivity contribution in [1.82, 2.24) is 17.6 Å². The largest absolute Gasteiger partial charge is 0.456 e. The van der Waals surface area contributed by atoms with Gasteiger partial charge in [0.1, 0.15) is 16.7 Å². The van der Waals surface area contributed by atoms with E-state index in [1.54, 1.807) is 0 Å². The zero-order chi connectivity index (χ0) is 49.7. The van der Waals surface area contributed by atoms with E-state index in [2.05, 4.69) is 224 Å². The molecule has 0 amide bonds. The van der Waals surface area contributed by atoms with Gasteiger partial charge in [0.15, 0.2) is 5.58 Å². The van der Waals surface area contributed by atoms with Crippen molar-refractivity contribution < 1.29 is 8.83 Å². The van der Waals surface area contributed by atoms with Gasteiger partial charge in [-0.25, -0.2) is 0 Å². The molecular formula is C72H34N4O2. The maximum absolute atomic E-state index is 6.84. The first-order valence-corrected chi connectivity index (χ1v) is 27.0. The van der Waals surface area contributed by atoms with Gasteiger partial charge in [-0.2, -0.15) is 0 Å². The Morgan fingerprint density at radius 2 is 0.705 bits per heavy atom. The first kappa shape index (κ1) is 38.1. The van der Waals surface area contributed by atoms with E-state index in [9.17, 15) is 0 Å². The van der Waals surface area contributed by atoms with Crippen molar-refractivity contribution in [3.8, 4) is 11.1 Å². The van der Waals surface area contributed by atoms with Crippen LogP contribution in [0.4, 0.5) is 0 Å². The molecule has 10 heterocycles. The third-order valence-electron chi connectivity index (χ3n) is 18.8. The van der Waals surface area contributed by atoms with E-state index >= 15 is 0 Å². The lowest BCUT2D eigenvalue weighted by Crippen LogP contribution is -1.85. The number of hydrogen-bond donors (Lipinski definition) is 0. The number of aromatic nitrogens is 4. The molecule has 22 aromatic rings. The van der Waals surface area contributed by atoms with Crippen LogP contribution in [0.15, 0.2) is 215 Å². The first-order chi connectivity index (χ1) is 38.7. The molecule has 0 bridgehead atoms. The van der Waals surface area contributed by atoms with E-state index in [4.69, 9.17) is 8.83 Å². The van der Waals surface area contributed by atoms with Gasteiger partial charge in [-0.1, -0.05) is 140 Å². The molecule has 354 valence electrons. The lowest BCUT2D eigenvalue weighted by Gasteiger charge is -2.08. The van der Waals surface area contributed by atoms with Crippen LogP contribution >= 0.6 is 0 Å². The maximum atomic E-state index is 6.84. The van der Waals surface area contributed by atoms with Crippen molar-refractivity contribution in [2.45, 2.75) is 0 Å². The quantitative estimate of drug-likeness (QED) is 0.164. The van der Waals surface area contributed by atoms with Crippen molar-refractivity contribution in [2.24, 2.45) is 0 Å². The Bertz CT molecular complexity index is 6550. The zero-order valence-corrected chi connectivity index (χ0v) is 41.2. The van der Waals surface area contributed by atoms with E-state index in [1.165, 1.54) is 158 Å². The van der Waals surface area contributed by atoms with E-state index in [1.807, 2.05) is 0 Å². The van der Waals surface area contributed by atoms with Crippen LogP contribution in [0.1, 0.15) is 0 Å². The second kappa shape index (κ2) is 12.4. The highest BCUT2D eigenvalue weighted by atomic mass is 16.3. The van der Waals surface area contributed by atoms with Gasteiger partial charge >= 0.3 is 0 Å². The molecule has 10 aromatic heterocycles. The fourth-order valence-corrected chi connectivity index (χ4v) is 16.0. The molecule has 0 radical (unpaired) electrons. The van der Waals surface area contributed by atoms with Gasteiger partial charge in [0, 0.05) is 108 Å². The van der Waals surface area contributed by atoms with Crippen LogP contribution < -0.4 is 0 Å². The monoisotopic (exact) mass is 986 g/mol. The number of rotatable bonds is 1. The second-order valence-corrected chi connectivity index (χ2v) is 22.2. The zero-order valence-electron chi connectivity index (χ0n) is 41.2. The number of nitrogens with zero attached hydrogens (tertiary/aromatic N) is 4. The summed E-state index contributed by atoms with van der Waals surface area (Å²) in [5.41, 5.74) is 20.8. The molecule has 78 heavy (non-hydrogen) atoms. The number of para-hydroxylation sites is 6. The third-order valence-corrected chi connectivity index (χ3v) is 18.8. The molecule has 6 heteroatoms. The van der Waals surface area contributed by atoms with Crippen LogP contribution in [-0.4, -0.2) is 17.6 Å². The lowest BCUT2D eigenvalue weighted by molar-refractivity contribution is 0.669. The SMILES string of the molecule is c1ccc2c(c1)oc1cc3c4c5c6cccc7c8ccccc8n(c5cc5c8ccc(-c9cccc%10c9c9cccc%11c%12c%13c%14ccc%15c%16ccccc%16oc%15c%14n%14c%15ccccc%15c(cc%12n%10c9%11)c%13%14)cc8n(c3cc12)c54)c76. The summed E-state index contributed by atoms with van der Waals surface area (Å²) in [4.78, 5) is 0. The summed E-state index contributed by atoms with van der Waals surface area (Å²) in [5, 5.41) is 24.8. The van der Waals surface area contributed by atoms with Crippen LogP contribution in [-0.2, 0) is 0 Å². The normalized spacial score (nSPS) is 13.4. The van der Waals surface area contributed by atoms with Gasteiger partial charge in [-0.3, -0.25) is 0 Å². The highest BCUT2D eigenvalue weighted by Gasteiger charge is 2.30. The van der Waals surface area contributed by atoms with Crippen molar-refractivity contribution in [3.05, 3.63) is 206 Å². The minimum atomic E-state index is 0.909. The third kappa shape index (κ3) is 3.98. The van der Waals surface area contributed by atoms with Gasteiger partial charge in [0.05, 0.1) is 66.2 Å². The van der Waals surface area contributed by atoms with Crippen molar-refractivity contribution >= 4 is 196 Å². The van der Waals surface area contributed by atoms with Crippen LogP contribution in [0, 0.1) is 0 Å². The summed E-state index contributed by atoms with van der Waals surface area (Å²) < 4.78 is 23.7. The molecule has 0 atom stereocenters. The summed E-state index contributed by atoms with van der Waals surface area (Å²) in [7, 11) is 0. The minimum Gasteiger partial charge on any atom is -0.456 e. The summed E-state index contributed by atoms with van der Waals surface area (Å²) in [5.74, 6) is 0. The lowest BCUT2D eigenvalue weighted by atomic mass is 9.96. The van der Waals surface area contributed by atoms with Gasteiger partial charge in [-0.15, -0.1) is 0 Å². The fourth-order valence-electron chi connectivity index (χ4n) is 16.0. The summed E-state index contributed by atoms with van der Waals surface area (Å²) in [6, 6.07) is 77.1. The Balaban J connectivity index is 0.865. The van der Waals surface area contributed by atoms with Crippen LogP contribution in [0.3, 0.4) is 0 Å². The minimum absolute atomic E-state index is 0.909. The predicted octanol–water partition coefficient (Wildman–Crippen LogP) is 19.8. The van der Waals surface area contributed by atoms with E-state index in [0.29, 0.717) is 0 Å². The standard InChI is InChI=1S/C72H34N4O2/c1-5-21-52-37(12-1)42-17-9-19-45-64-57(73(52)67(42)45)33-50-39-27-26-35(30-55(39)75-56-31-48-41-15-4-7-24-59(41)77-61(48)34-51(56)66(64)69(50)75)36-16-11-23-54-62(36)44-18-10-20-46-63-58(74(54)68(44)46)32-49-38-13-2-6-22-53(38)76-70(49)65(63)47-29-28-43-40-14-3-8-25-60(40)78-72(43)71(47)76/h1-34H. The average Bonchev–Trinajstić information content (AvgIpc) is 4.22. The second-order valence-electron chi connectivity index (χ2n) is 22.2. The van der Waals surface area contributed by atoms with Crippen molar-refractivity contribution in [3.63, 3.8) is 0 Å². The molecule has 0 unspecified atom stereocenters. The molecular weight excluding hydrogens is 953 g/mol. The summed E-state index contributed by atoms with van der Waals surface area (Å²) in [6.07, 6.45) is 0. The maximum Gasteiger partial charge on any atom is 0.160 e. The van der Waals surface area contributed by atoms with Gasteiger partial charge in [0.2, 0.25) is 0 Å². The van der Waals surface area contributed by atoms with Crippen molar-refractivity contribution in [1.29, 1.82) is 0 Å². The molecule has 0 spiro atoms. The van der Waals surface area contributed by atoms with E-state index in [-0.39, 0.29) is 0 Å². The Labute approximate surface area is 437 Å². The van der Waals surface area contributed by atoms with E-state index in [0.717, 1.165) is 49.4 Å². The van der Waals surface area contributed by atoms with Crippen LogP contribution in [0.5, 0.6) is 0 Å². The Hall–Kier alpha value is -10.6. The number of benzene rings is 12. The van der Waals surface area contributed by atoms with Crippen LogP contribution in [0.25, 0.3) is 207 Å². The number of hydrogen-bond acceptors (Lipinski definition) is 2. The highest BCUT2D eigenvalue weighted by molar-refractivity contribution is 6.41. The van der Waals surface area contributed by atoms with Crippen molar-refractivity contribution in [2.75, 3.05) is 0 Å². The molecule has 0 aliphatic carbocycles. The Morgan fingerprint density at radius 1 is 0.218 bits per heavy atom. The molecule has 0 N–H and O–H groups in total. The van der Waals surface area contributed by atoms with Gasteiger partial charge in [0.25, 0.3) is 0 Å². The molecule has 0 aliphatic heterocycles. The predicted molar refractivity (Wildman–Crippen MR) is 325 cm³/mol. The molecule has 0 saturated carbocycles. The smallest absolute Gasteiger partial charge is 0.160 e. The van der Waals surface area contributed by atoms with Gasteiger partial charge < -0.3 is 26.4 Å². The summed E-state index contributed by atoms with van der Waals surface area (Å²) >= 11 is 0. The topological polar surface area (TPSA) is 43.9 Å². The Morgan fingerprint density at radius 3 is 1.49 bits per heavy atom. The molecule has 12 aromatic carbocycles. The van der Waals surface area contributed by atoms with Crippen LogP contribution in [0.2, 0.25) is 0 Å². The van der Waals surface area contributed by atoms with Gasteiger partial charge in [-0.05, 0) is 77.9 Å². The van der Waals surface area contributed by atoms with E-state index < -0.39 is 0 Å². The highest BCUT2D eigenvalue weighted by Crippen LogP contribution is 2.53. The molecule has 0 aliphatic rings. The number of furan rings is 2. The molecule has 6 nitrogen and oxygen atoms in total. The number of fused-ring (bicyclic) bond motifs is 33. The first-order valence-electron chi connectivity index (χ1n) is 27.0. The molecule has 0 saturated heterocycles. The fraction of sp³-hybridized carbons (Fsp3) is 0. The average molecular weight is 987 g/mol.